The van der Waals surface area contributed by atoms with Gasteiger partial charge in [-0.3, -0.25) is 0 Å². The molecule has 2 aromatic rings. The third-order valence-electron chi connectivity index (χ3n) is 3.03. The van der Waals surface area contributed by atoms with Gasteiger partial charge in [-0.1, -0.05) is 18.2 Å². The van der Waals surface area contributed by atoms with Crippen LogP contribution in [0, 0.1) is 0 Å². The first-order valence-corrected chi connectivity index (χ1v) is 6.38. The third kappa shape index (κ3) is 3.45. The minimum Gasteiger partial charge on any atom is -0.497 e. The highest BCUT2D eigenvalue weighted by atomic mass is 16.5. The zero-order chi connectivity index (χ0) is 15.2. The molecule has 0 unspecified atom stereocenters. The fourth-order valence-corrected chi connectivity index (χ4v) is 1.85. The molecule has 0 spiro atoms. The van der Waals surface area contributed by atoms with Gasteiger partial charge in [-0.05, 0) is 29.8 Å². The van der Waals surface area contributed by atoms with Gasteiger partial charge in [-0.15, -0.1) is 0 Å². The predicted molar refractivity (Wildman–Crippen MR) is 79.5 cm³/mol. The van der Waals surface area contributed by atoms with Gasteiger partial charge < -0.3 is 19.9 Å². The Labute approximate surface area is 123 Å². The first-order chi connectivity index (χ1) is 10.2. The van der Waals surface area contributed by atoms with Gasteiger partial charge in [-0.25, -0.2) is 4.79 Å². The van der Waals surface area contributed by atoms with Crippen molar-refractivity contribution in [3.8, 4) is 11.5 Å². The maximum absolute atomic E-state index is 12.0. The Bertz CT molecular complexity index is 623. The Kier molecular flexibility index (Phi) is 4.66. The Hall–Kier alpha value is -2.69. The van der Waals surface area contributed by atoms with Crippen LogP contribution in [-0.4, -0.2) is 20.2 Å². The first-order valence-electron chi connectivity index (χ1n) is 6.38. The second-order valence-corrected chi connectivity index (χ2v) is 4.35. The summed E-state index contributed by atoms with van der Waals surface area (Å²) in [6.45, 7) is 0.166. The van der Waals surface area contributed by atoms with Crippen molar-refractivity contribution in [2.24, 2.45) is 0 Å². The van der Waals surface area contributed by atoms with Gasteiger partial charge in [0.15, 0.2) is 0 Å². The van der Waals surface area contributed by atoms with Crippen molar-refractivity contribution in [1.29, 1.82) is 0 Å². The van der Waals surface area contributed by atoms with Crippen LogP contribution in [0.2, 0.25) is 0 Å². The van der Waals surface area contributed by atoms with Crippen molar-refractivity contribution in [2.75, 3.05) is 20.0 Å². The molecule has 0 aromatic heterocycles. The number of para-hydroxylation sites is 1. The largest absolute Gasteiger partial charge is 0.497 e. The number of ether oxygens (including phenoxy) is 3. The zero-order valence-corrected chi connectivity index (χ0v) is 12.0. The number of hydrogen-bond donors (Lipinski definition) is 1. The summed E-state index contributed by atoms with van der Waals surface area (Å²) in [6, 6.07) is 12.3. The summed E-state index contributed by atoms with van der Waals surface area (Å²) in [7, 11) is 3.10. The van der Waals surface area contributed by atoms with E-state index in [1.54, 1.807) is 25.3 Å². The Morgan fingerprint density at radius 2 is 1.76 bits per heavy atom. The van der Waals surface area contributed by atoms with Crippen LogP contribution in [0.3, 0.4) is 0 Å². The summed E-state index contributed by atoms with van der Waals surface area (Å²) in [5, 5.41) is 0. The minimum absolute atomic E-state index is 0.166. The highest BCUT2D eigenvalue weighted by molar-refractivity contribution is 5.96. The first kappa shape index (κ1) is 14.7. The molecule has 0 aliphatic carbocycles. The maximum atomic E-state index is 12.0. The lowest BCUT2D eigenvalue weighted by Gasteiger charge is -2.10. The van der Waals surface area contributed by atoms with Crippen LogP contribution in [0.5, 0.6) is 11.5 Å². The van der Waals surface area contributed by atoms with Crippen molar-refractivity contribution in [2.45, 2.75) is 6.61 Å². The normalized spacial score (nSPS) is 10.0. The van der Waals surface area contributed by atoms with Gasteiger partial charge in [0.25, 0.3) is 0 Å². The molecule has 2 N–H and O–H groups in total. The SMILES string of the molecule is COc1ccc(COC(=O)c2cccc(OC)c2N)cc1. The Morgan fingerprint density at radius 1 is 1.05 bits per heavy atom. The van der Waals surface area contributed by atoms with E-state index >= 15 is 0 Å². The van der Waals surface area contributed by atoms with Crippen molar-refractivity contribution in [3.05, 3.63) is 53.6 Å². The van der Waals surface area contributed by atoms with Crippen LogP contribution in [0.25, 0.3) is 0 Å². The number of hydrogen-bond acceptors (Lipinski definition) is 5. The van der Waals surface area contributed by atoms with Gasteiger partial charge in [0.2, 0.25) is 0 Å². The second-order valence-electron chi connectivity index (χ2n) is 4.35. The molecule has 0 saturated carbocycles. The van der Waals surface area contributed by atoms with E-state index in [9.17, 15) is 4.79 Å². The van der Waals surface area contributed by atoms with Crippen LogP contribution >= 0.6 is 0 Å². The molecular formula is C16H17NO4. The average Bonchev–Trinajstić information content (AvgIpc) is 2.53. The molecule has 0 fully saturated rings. The summed E-state index contributed by atoms with van der Waals surface area (Å²) in [6.07, 6.45) is 0. The number of benzene rings is 2. The van der Waals surface area contributed by atoms with E-state index in [2.05, 4.69) is 0 Å². The van der Waals surface area contributed by atoms with E-state index in [4.69, 9.17) is 19.9 Å². The molecule has 2 rings (SSSR count). The van der Waals surface area contributed by atoms with Crippen molar-refractivity contribution in [1.82, 2.24) is 0 Å². The number of rotatable bonds is 5. The number of anilines is 1. The highest BCUT2D eigenvalue weighted by Crippen LogP contribution is 2.25. The molecule has 110 valence electrons. The quantitative estimate of drug-likeness (QED) is 0.676. The molecule has 0 bridgehead atoms. The zero-order valence-electron chi connectivity index (χ0n) is 12.0. The third-order valence-corrected chi connectivity index (χ3v) is 3.03. The van der Waals surface area contributed by atoms with E-state index < -0.39 is 5.97 Å². The van der Waals surface area contributed by atoms with Crippen molar-refractivity contribution in [3.63, 3.8) is 0 Å². The number of nitrogens with two attached hydrogens (primary N) is 1. The molecule has 2 aromatic carbocycles. The van der Waals surface area contributed by atoms with Gasteiger partial charge in [0.1, 0.15) is 18.1 Å². The molecule has 0 amide bonds. The summed E-state index contributed by atoms with van der Waals surface area (Å²) in [5.41, 5.74) is 7.30. The molecule has 5 nitrogen and oxygen atoms in total. The lowest BCUT2D eigenvalue weighted by atomic mass is 10.1. The molecule has 0 aliphatic heterocycles. The van der Waals surface area contributed by atoms with Gasteiger partial charge in [0.05, 0.1) is 25.5 Å². The molecule has 0 saturated heterocycles. The number of nitrogen functional groups attached to an aromatic ring is 1. The fraction of sp³-hybridized carbons (Fsp3) is 0.188. The van der Waals surface area contributed by atoms with E-state index in [0.29, 0.717) is 11.3 Å². The van der Waals surface area contributed by atoms with Gasteiger partial charge in [-0.2, -0.15) is 0 Å². The molecule has 5 heteroatoms. The van der Waals surface area contributed by atoms with Gasteiger partial charge in [0, 0.05) is 0 Å². The molecular weight excluding hydrogens is 270 g/mol. The summed E-state index contributed by atoms with van der Waals surface area (Å²) < 4.78 is 15.4. The highest BCUT2D eigenvalue weighted by Gasteiger charge is 2.14. The van der Waals surface area contributed by atoms with E-state index in [0.717, 1.165) is 11.3 Å². The van der Waals surface area contributed by atoms with E-state index in [1.807, 2.05) is 24.3 Å². The molecule has 0 atom stereocenters. The standard InChI is InChI=1S/C16H17NO4/c1-19-12-8-6-11(7-9-12)10-21-16(18)13-4-3-5-14(20-2)15(13)17/h3-9H,10,17H2,1-2H3. The van der Waals surface area contributed by atoms with Crippen LogP contribution in [0.4, 0.5) is 5.69 Å². The summed E-state index contributed by atoms with van der Waals surface area (Å²) >= 11 is 0. The van der Waals surface area contributed by atoms with Crippen LogP contribution in [0.1, 0.15) is 15.9 Å². The van der Waals surface area contributed by atoms with Gasteiger partial charge >= 0.3 is 5.97 Å². The smallest absolute Gasteiger partial charge is 0.340 e. The minimum atomic E-state index is -0.484. The average molecular weight is 287 g/mol. The van der Waals surface area contributed by atoms with Crippen LogP contribution < -0.4 is 15.2 Å². The fourth-order valence-electron chi connectivity index (χ4n) is 1.85. The lowest BCUT2D eigenvalue weighted by Crippen LogP contribution is -2.09. The Morgan fingerprint density at radius 3 is 2.38 bits per heavy atom. The number of esters is 1. The predicted octanol–water partition coefficient (Wildman–Crippen LogP) is 2.64. The Balaban J connectivity index is 2.04. The van der Waals surface area contributed by atoms with Crippen LogP contribution in [-0.2, 0) is 11.3 Å². The topological polar surface area (TPSA) is 70.8 Å². The molecule has 0 radical (unpaired) electrons. The second kappa shape index (κ2) is 6.65. The van der Waals surface area contributed by atoms with Crippen molar-refractivity contribution >= 4 is 11.7 Å². The van der Waals surface area contributed by atoms with Crippen LogP contribution in [0.15, 0.2) is 42.5 Å². The molecule has 0 aliphatic rings. The number of carbonyl (C=O) groups is 1. The lowest BCUT2D eigenvalue weighted by molar-refractivity contribution is 0.0473. The molecule has 21 heavy (non-hydrogen) atoms. The van der Waals surface area contributed by atoms with E-state index in [1.165, 1.54) is 7.11 Å². The monoisotopic (exact) mass is 287 g/mol. The van der Waals surface area contributed by atoms with Crippen molar-refractivity contribution < 1.29 is 19.0 Å². The summed E-state index contributed by atoms with van der Waals surface area (Å²) in [4.78, 5) is 12.0. The van der Waals surface area contributed by atoms with E-state index in [-0.39, 0.29) is 12.3 Å². The number of carbonyl (C=O) groups excluding carboxylic acids is 1. The summed E-state index contributed by atoms with van der Waals surface area (Å²) in [5.74, 6) is 0.721. The number of methoxy groups -OCH3 is 2. The molecule has 0 heterocycles. The maximum Gasteiger partial charge on any atom is 0.340 e.